The minimum absolute atomic E-state index is 0.0711. The second-order valence-corrected chi connectivity index (χ2v) is 13.8. The normalized spacial score (nSPS) is 21.1. The molecule has 1 aliphatic heterocycles. The van der Waals surface area contributed by atoms with Gasteiger partial charge in [-0.1, -0.05) is 37.3 Å². The topological polar surface area (TPSA) is 126 Å². The van der Waals surface area contributed by atoms with Crippen LogP contribution in [0.5, 0.6) is 5.75 Å². The van der Waals surface area contributed by atoms with Crippen molar-refractivity contribution in [1.82, 2.24) is 19.4 Å². The van der Waals surface area contributed by atoms with Gasteiger partial charge in [0.2, 0.25) is 0 Å². The lowest BCUT2D eigenvalue weighted by atomic mass is 10.0. The lowest BCUT2D eigenvalue weighted by molar-refractivity contribution is -0.0177. The van der Waals surface area contributed by atoms with Crippen molar-refractivity contribution in [2.45, 2.75) is 69.9 Å². The zero-order chi connectivity index (χ0) is 32.6. The highest BCUT2D eigenvalue weighted by atomic mass is 32.2. The maximum absolute atomic E-state index is 14.3. The molecular formula is C33H47N5O6S. The standard InChI is InChI=1S/C33H47N5O6S/c1-24-18-38(25(2)22-39)33(40)29-17-28(35-45(41,42)32-21-37(5)23-34-32)14-15-30(29)44-26(3)11-9-10-16-43-31(24)20-36(4)19-27-12-7-6-8-13-27/h6-8,12-15,17,21,23-26,31,35,39H,9-11,16,18-20,22H2,1-5H3/t24-,25+,26-,31+/m1/s1. The maximum Gasteiger partial charge on any atom is 0.280 e. The average Bonchev–Trinajstić information content (AvgIpc) is 3.46. The largest absolute Gasteiger partial charge is 0.490 e. The summed E-state index contributed by atoms with van der Waals surface area (Å²) in [6.45, 7) is 7.93. The first-order chi connectivity index (χ1) is 21.5. The van der Waals surface area contributed by atoms with Crippen molar-refractivity contribution in [3.05, 3.63) is 72.2 Å². The van der Waals surface area contributed by atoms with Crippen LogP contribution in [0, 0.1) is 5.92 Å². The van der Waals surface area contributed by atoms with E-state index < -0.39 is 16.1 Å². The Morgan fingerprint density at radius 2 is 1.91 bits per heavy atom. The lowest BCUT2D eigenvalue weighted by Crippen LogP contribution is -2.47. The molecule has 246 valence electrons. The first-order valence-corrected chi connectivity index (χ1v) is 17.0. The number of anilines is 1. The highest BCUT2D eigenvalue weighted by Crippen LogP contribution is 2.29. The summed E-state index contributed by atoms with van der Waals surface area (Å²) in [6, 6.07) is 14.5. The van der Waals surface area contributed by atoms with Crippen LogP contribution in [-0.4, -0.2) is 90.4 Å². The van der Waals surface area contributed by atoms with Crippen molar-refractivity contribution in [3.8, 4) is 5.75 Å². The summed E-state index contributed by atoms with van der Waals surface area (Å²) in [5.74, 6) is -0.0697. The predicted octanol–water partition coefficient (Wildman–Crippen LogP) is 4.15. The maximum atomic E-state index is 14.3. The first-order valence-electron chi connectivity index (χ1n) is 15.5. The van der Waals surface area contributed by atoms with Gasteiger partial charge in [0.25, 0.3) is 15.9 Å². The van der Waals surface area contributed by atoms with Crippen LogP contribution in [0.1, 0.15) is 56.0 Å². The lowest BCUT2D eigenvalue weighted by Gasteiger charge is -2.36. The van der Waals surface area contributed by atoms with Gasteiger partial charge < -0.3 is 24.0 Å². The van der Waals surface area contributed by atoms with Gasteiger partial charge in [-0.25, -0.2) is 4.98 Å². The number of nitrogens with zero attached hydrogens (tertiary/aromatic N) is 4. The molecule has 1 aromatic heterocycles. The molecule has 0 bridgehead atoms. The number of hydrogen-bond acceptors (Lipinski definition) is 8. The monoisotopic (exact) mass is 641 g/mol. The fourth-order valence-corrected chi connectivity index (χ4v) is 6.48. The number of hydrogen-bond donors (Lipinski definition) is 2. The molecule has 0 saturated heterocycles. The molecule has 2 aromatic carbocycles. The number of benzene rings is 2. The summed E-state index contributed by atoms with van der Waals surface area (Å²) in [5.41, 5.74) is 1.63. The molecule has 2 N–H and O–H groups in total. The molecule has 1 amide bonds. The molecule has 0 radical (unpaired) electrons. The fraction of sp³-hybridized carbons (Fsp3) is 0.515. The molecule has 0 spiro atoms. The van der Waals surface area contributed by atoms with Gasteiger partial charge in [0.1, 0.15) is 5.75 Å². The summed E-state index contributed by atoms with van der Waals surface area (Å²) in [4.78, 5) is 22.1. The molecule has 0 saturated carbocycles. The third kappa shape index (κ3) is 9.52. The summed E-state index contributed by atoms with van der Waals surface area (Å²) in [6.07, 6.45) is 4.98. The third-order valence-corrected chi connectivity index (χ3v) is 9.31. The molecule has 2 heterocycles. The van der Waals surface area contributed by atoms with Crippen LogP contribution in [0.2, 0.25) is 0 Å². The second-order valence-electron chi connectivity index (χ2n) is 12.2. The Hall–Kier alpha value is -3.45. The number of likely N-dealkylation sites (N-methyl/N-ethyl adjacent to an activating group) is 1. The van der Waals surface area contributed by atoms with E-state index in [9.17, 15) is 18.3 Å². The number of aliphatic hydroxyl groups excluding tert-OH is 1. The Morgan fingerprint density at radius 3 is 2.60 bits per heavy atom. The van der Waals surface area contributed by atoms with Crippen molar-refractivity contribution < 1.29 is 27.8 Å². The van der Waals surface area contributed by atoms with E-state index in [2.05, 4.69) is 40.7 Å². The van der Waals surface area contributed by atoms with Crippen LogP contribution < -0.4 is 9.46 Å². The first kappa shape index (κ1) is 34.4. The average molecular weight is 642 g/mol. The number of imidazole rings is 1. The van der Waals surface area contributed by atoms with Gasteiger partial charge in [-0.3, -0.25) is 14.4 Å². The van der Waals surface area contributed by atoms with Gasteiger partial charge in [-0.05, 0) is 63.9 Å². The number of sulfonamides is 1. The van der Waals surface area contributed by atoms with Gasteiger partial charge in [0.15, 0.2) is 5.03 Å². The molecule has 4 atom stereocenters. The minimum atomic E-state index is -3.99. The van der Waals surface area contributed by atoms with Crippen molar-refractivity contribution in [2.24, 2.45) is 13.0 Å². The van der Waals surface area contributed by atoms with Gasteiger partial charge in [0, 0.05) is 51.1 Å². The van der Waals surface area contributed by atoms with E-state index in [1.807, 2.05) is 25.1 Å². The highest BCUT2D eigenvalue weighted by molar-refractivity contribution is 7.92. The zero-order valence-corrected chi connectivity index (χ0v) is 27.7. The molecule has 0 unspecified atom stereocenters. The van der Waals surface area contributed by atoms with Gasteiger partial charge in [0.05, 0.1) is 36.7 Å². The van der Waals surface area contributed by atoms with Crippen molar-refractivity contribution in [2.75, 3.05) is 38.1 Å². The molecule has 11 nitrogen and oxygen atoms in total. The number of ether oxygens (including phenoxy) is 2. The summed E-state index contributed by atoms with van der Waals surface area (Å²) in [5, 5.41) is 10.1. The second kappa shape index (κ2) is 15.7. The van der Waals surface area contributed by atoms with Crippen molar-refractivity contribution in [1.29, 1.82) is 0 Å². The zero-order valence-electron chi connectivity index (χ0n) is 26.9. The number of nitrogens with one attached hydrogen (secondary N) is 1. The van der Waals surface area contributed by atoms with Gasteiger partial charge in [-0.15, -0.1) is 0 Å². The molecule has 0 aliphatic carbocycles. The van der Waals surface area contributed by atoms with Crippen LogP contribution in [0.4, 0.5) is 5.69 Å². The SMILES string of the molecule is C[C@@H]1CCCCO[C@@H](CN(C)Cc2ccccc2)[C@H](C)CN([C@@H](C)CO)C(=O)c2cc(NS(=O)(=O)c3cn(C)cn3)ccc2O1. The summed E-state index contributed by atoms with van der Waals surface area (Å²) >= 11 is 0. The Bertz CT molecular complexity index is 1500. The number of carbonyl (C=O) groups is 1. The molecule has 1 aliphatic rings. The summed E-state index contributed by atoms with van der Waals surface area (Å²) in [7, 11) is -0.239. The van der Waals surface area contributed by atoms with E-state index in [0.29, 0.717) is 25.4 Å². The van der Waals surface area contributed by atoms with Crippen LogP contribution >= 0.6 is 0 Å². The Morgan fingerprint density at radius 1 is 1.16 bits per heavy atom. The van der Waals surface area contributed by atoms with Crippen LogP contribution in [-0.2, 0) is 28.4 Å². The van der Waals surface area contributed by atoms with E-state index in [-0.39, 0.29) is 46.9 Å². The van der Waals surface area contributed by atoms with E-state index >= 15 is 0 Å². The van der Waals surface area contributed by atoms with E-state index in [1.165, 1.54) is 24.2 Å². The molecule has 0 fully saturated rings. The minimum Gasteiger partial charge on any atom is -0.490 e. The fourth-order valence-electron chi connectivity index (χ4n) is 5.45. The van der Waals surface area contributed by atoms with E-state index in [1.54, 1.807) is 35.6 Å². The van der Waals surface area contributed by atoms with Crippen molar-refractivity contribution >= 4 is 21.6 Å². The number of aryl methyl sites for hydroxylation is 1. The highest BCUT2D eigenvalue weighted by Gasteiger charge is 2.31. The van der Waals surface area contributed by atoms with Crippen molar-refractivity contribution in [3.63, 3.8) is 0 Å². The van der Waals surface area contributed by atoms with Crippen LogP contribution in [0.3, 0.4) is 0 Å². The van der Waals surface area contributed by atoms with Gasteiger partial charge in [-0.2, -0.15) is 8.42 Å². The third-order valence-electron chi connectivity index (χ3n) is 8.05. The van der Waals surface area contributed by atoms with Gasteiger partial charge >= 0.3 is 0 Å². The Labute approximate surface area is 267 Å². The smallest absolute Gasteiger partial charge is 0.280 e. The summed E-state index contributed by atoms with van der Waals surface area (Å²) < 4.78 is 42.9. The molecular weight excluding hydrogens is 594 g/mol. The number of carbonyl (C=O) groups excluding carboxylic acids is 1. The van der Waals surface area contributed by atoms with E-state index in [0.717, 1.165) is 25.8 Å². The molecule has 12 heteroatoms. The van der Waals surface area contributed by atoms with Crippen LogP contribution in [0.25, 0.3) is 0 Å². The molecule has 45 heavy (non-hydrogen) atoms. The number of rotatable bonds is 9. The predicted molar refractivity (Wildman–Crippen MR) is 174 cm³/mol. The number of fused-ring (bicyclic) bond motifs is 1. The number of amides is 1. The molecule has 3 aromatic rings. The van der Waals surface area contributed by atoms with E-state index in [4.69, 9.17) is 9.47 Å². The number of aromatic nitrogens is 2. The Kier molecular flexibility index (Phi) is 12.0. The number of aliphatic hydroxyl groups is 1. The quantitative estimate of drug-likeness (QED) is 0.357. The Balaban J connectivity index is 1.64. The van der Waals surface area contributed by atoms with Crippen LogP contribution in [0.15, 0.2) is 66.1 Å². The molecule has 4 rings (SSSR count).